The van der Waals surface area contributed by atoms with Crippen molar-refractivity contribution in [2.45, 2.75) is 13.1 Å². The normalized spacial score (nSPS) is 11.5. The molecule has 118 valence electrons. The summed E-state index contributed by atoms with van der Waals surface area (Å²) in [7, 11) is 0. The van der Waals surface area contributed by atoms with E-state index >= 15 is 0 Å². The molecule has 0 aliphatic rings. The smallest absolute Gasteiger partial charge is 0.324 e. The molecule has 2 aromatic heterocycles. The number of hydrogen-bond acceptors (Lipinski definition) is 5. The lowest BCUT2D eigenvalue weighted by Gasteiger charge is -2.08. The molecule has 0 saturated heterocycles. The predicted octanol–water partition coefficient (Wildman–Crippen LogP) is 4.67. The minimum atomic E-state index is -4.46. The van der Waals surface area contributed by atoms with Crippen LogP contribution in [0.2, 0.25) is 0 Å². The lowest BCUT2D eigenvalue weighted by Crippen LogP contribution is -2.07. The van der Waals surface area contributed by atoms with Crippen molar-refractivity contribution in [1.82, 2.24) is 15.0 Å². The van der Waals surface area contributed by atoms with Crippen molar-refractivity contribution in [3.05, 3.63) is 53.4 Å². The highest BCUT2D eigenvalue weighted by Gasteiger charge is 2.37. The molecule has 1 N–H and O–H groups in total. The van der Waals surface area contributed by atoms with Crippen molar-refractivity contribution in [1.29, 1.82) is 0 Å². The number of rotatable bonds is 3. The van der Waals surface area contributed by atoms with Crippen molar-refractivity contribution < 1.29 is 13.2 Å². The maximum atomic E-state index is 13.0. The van der Waals surface area contributed by atoms with Gasteiger partial charge in [0, 0.05) is 18.1 Å². The molecular weight excluding hydrogens is 325 g/mol. The fraction of sp³-hybridized carbons (Fsp3) is 0.133. The Morgan fingerprint density at radius 3 is 2.30 bits per heavy atom. The van der Waals surface area contributed by atoms with Crippen LogP contribution in [-0.2, 0) is 6.18 Å². The predicted molar refractivity (Wildman–Crippen MR) is 82.6 cm³/mol. The summed E-state index contributed by atoms with van der Waals surface area (Å²) in [5, 5.41) is 3.36. The van der Waals surface area contributed by atoms with Gasteiger partial charge in [0.05, 0.1) is 9.88 Å². The van der Waals surface area contributed by atoms with E-state index in [9.17, 15) is 13.2 Å². The second-order valence-electron chi connectivity index (χ2n) is 4.68. The number of aromatic nitrogens is 3. The van der Waals surface area contributed by atoms with Gasteiger partial charge in [0.25, 0.3) is 0 Å². The Hall–Kier alpha value is -2.48. The first-order chi connectivity index (χ1) is 10.9. The Balaban J connectivity index is 1.88. The van der Waals surface area contributed by atoms with Gasteiger partial charge in [0.1, 0.15) is 0 Å². The van der Waals surface area contributed by atoms with E-state index in [1.807, 2.05) is 0 Å². The lowest BCUT2D eigenvalue weighted by molar-refractivity contribution is -0.140. The molecule has 3 aromatic rings. The SMILES string of the molecule is Cc1nc(C(F)(F)F)c(-c2ccc(Nc3ncccn3)cc2)s1. The topological polar surface area (TPSA) is 50.7 Å². The summed E-state index contributed by atoms with van der Waals surface area (Å²) in [6.45, 7) is 1.56. The zero-order valence-electron chi connectivity index (χ0n) is 11.9. The van der Waals surface area contributed by atoms with Gasteiger partial charge in [-0.25, -0.2) is 15.0 Å². The maximum absolute atomic E-state index is 13.0. The van der Waals surface area contributed by atoms with Crippen molar-refractivity contribution in [2.75, 3.05) is 5.32 Å². The van der Waals surface area contributed by atoms with Gasteiger partial charge >= 0.3 is 6.18 Å². The van der Waals surface area contributed by atoms with Crippen LogP contribution in [0.3, 0.4) is 0 Å². The van der Waals surface area contributed by atoms with Crippen LogP contribution in [0.1, 0.15) is 10.7 Å². The number of nitrogens with zero attached hydrogens (tertiary/aromatic N) is 3. The molecule has 1 aromatic carbocycles. The van der Waals surface area contributed by atoms with Gasteiger partial charge in [0.15, 0.2) is 5.69 Å². The number of thiazole rings is 1. The van der Waals surface area contributed by atoms with Crippen molar-refractivity contribution in [2.24, 2.45) is 0 Å². The van der Waals surface area contributed by atoms with Crippen LogP contribution in [0.15, 0.2) is 42.7 Å². The molecule has 2 heterocycles. The van der Waals surface area contributed by atoms with Crippen LogP contribution >= 0.6 is 11.3 Å². The Kier molecular flexibility index (Phi) is 3.99. The summed E-state index contributed by atoms with van der Waals surface area (Å²) in [6.07, 6.45) is -1.27. The summed E-state index contributed by atoms with van der Waals surface area (Å²) >= 11 is 1.03. The zero-order valence-corrected chi connectivity index (χ0v) is 12.7. The third-order valence-corrected chi connectivity index (χ3v) is 3.99. The Bertz CT molecular complexity index is 798. The molecule has 0 aliphatic carbocycles. The van der Waals surface area contributed by atoms with E-state index in [0.29, 0.717) is 22.2 Å². The van der Waals surface area contributed by atoms with Gasteiger partial charge in [-0.2, -0.15) is 13.2 Å². The summed E-state index contributed by atoms with van der Waals surface area (Å²) in [5.41, 5.74) is 0.323. The standard InChI is InChI=1S/C15H11F3N4S/c1-9-21-13(15(16,17)18)12(23-9)10-3-5-11(6-4-10)22-14-19-7-2-8-20-14/h2-8H,1H3,(H,19,20,22). The first kappa shape index (κ1) is 15.4. The van der Waals surface area contributed by atoms with Crippen LogP contribution in [-0.4, -0.2) is 15.0 Å². The number of anilines is 2. The van der Waals surface area contributed by atoms with E-state index in [2.05, 4.69) is 20.3 Å². The number of aryl methyl sites for hydroxylation is 1. The molecule has 0 bridgehead atoms. The highest BCUT2D eigenvalue weighted by Crippen LogP contribution is 2.40. The second kappa shape index (κ2) is 5.96. The summed E-state index contributed by atoms with van der Waals surface area (Å²) in [5.74, 6) is 0.421. The van der Waals surface area contributed by atoms with Crippen LogP contribution in [0.4, 0.5) is 24.8 Å². The van der Waals surface area contributed by atoms with E-state index in [1.54, 1.807) is 49.6 Å². The van der Waals surface area contributed by atoms with Gasteiger partial charge < -0.3 is 5.32 Å². The molecule has 23 heavy (non-hydrogen) atoms. The lowest BCUT2D eigenvalue weighted by atomic mass is 10.1. The van der Waals surface area contributed by atoms with Gasteiger partial charge in [0.2, 0.25) is 5.95 Å². The number of nitrogens with one attached hydrogen (secondary N) is 1. The van der Waals surface area contributed by atoms with Gasteiger partial charge in [-0.3, -0.25) is 0 Å². The first-order valence-electron chi connectivity index (χ1n) is 6.62. The zero-order chi connectivity index (χ0) is 16.4. The molecule has 4 nitrogen and oxygen atoms in total. The highest BCUT2D eigenvalue weighted by molar-refractivity contribution is 7.15. The van der Waals surface area contributed by atoms with Crippen molar-refractivity contribution >= 4 is 23.0 Å². The number of alkyl halides is 3. The van der Waals surface area contributed by atoms with Crippen LogP contribution in [0, 0.1) is 6.92 Å². The van der Waals surface area contributed by atoms with E-state index in [1.165, 1.54) is 0 Å². The summed E-state index contributed by atoms with van der Waals surface area (Å²) < 4.78 is 39.1. The molecule has 0 spiro atoms. The quantitative estimate of drug-likeness (QED) is 0.755. The fourth-order valence-corrected chi connectivity index (χ4v) is 2.96. The number of halogens is 3. The average molecular weight is 336 g/mol. The molecule has 0 radical (unpaired) electrons. The van der Waals surface area contributed by atoms with Gasteiger partial charge in [-0.1, -0.05) is 12.1 Å². The molecule has 0 saturated carbocycles. The first-order valence-corrected chi connectivity index (χ1v) is 7.44. The van der Waals surface area contributed by atoms with E-state index in [-0.39, 0.29) is 4.88 Å². The van der Waals surface area contributed by atoms with E-state index in [0.717, 1.165) is 11.3 Å². The third-order valence-electron chi connectivity index (χ3n) is 2.97. The largest absolute Gasteiger partial charge is 0.434 e. The third kappa shape index (κ3) is 3.48. The van der Waals surface area contributed by atoms with Crippen molar-refractivity contribution in [3.8, 4) is 10.4 Å². The fourth-order valence-electron chi connectivity index (χ4n) is 2.01. The number of benzene rings is 1. The van der Waals surface area contributed by atoms with Gasteiger partial charge in [-0.15, -0.1) is 11.3 Å². The van der Waals surface area contributed by atoms with Gasteiger partial charge in [-0.05, 0) is 30.7 Å². The molecule has 0 unspecified atom stereocenters. The average Bonchev–Trinajstić information content (AvgIpc) is 2.91. The molecule has 0 aliphatic heterocycles. The molecule has 8 heteroatoms. The summed E-state index contributed by atoms with van der Waals surface area (Å²) in [6, 6.07) is 8.29. The molecule has 3 rings (SSSR count). The Morgan fingerprint density at radius 1 is 1.04 bits per heavy atom. The Labute approximate surface area is 134 Å². The minimum Gasteiger partial charge on any atom is -0.324 e. The van der Waals surface area contributed by atoms with Crippen molar-refractivity contribution in [3.63, 3.8) is 0 Å². The molecular formula is C15H11F3N4S. The molecule has 0 atom stereocenters. The second-order valence-corrected chi connectivity index (χ2v) is 5.89. The van der Waals surface area contributed by atoms with E-state index < -0.39 is 11.9 Å². The number of hydrogen-bond donors (Lipinski definition) is 1. The monoisotopic (exact) mass is 336 g/mol. The van der Waals surface area contributed by atoms with Crippen LogP contribution in [0.25, 0.3) is 10.4 Å². The summed E-state index contributed by atoms with van der Waals surface area (Å²) in [4.78, 5) is 11.8. The molecule has 0 fully saturated rings. The van der Waals surface area contributed by atoms with Crippen LogP contribution in [0.5, 0.6) is 0 Å². The van der Waals surface area contributed by atoms with Crippen LogP contribution < -0.4 is 5.32 Å². The maximum Gasteiger partial charge on any atom is 0.434 e. The minimum absolute atomic E-state index is 0.123. The Morgan fingerprint density at radius 2 is 1.70 bits per heavy atom. The molecule has 0 amide bonds. The highest BCUT2D eigenvalue weighted by atomic mass is 32.1. The van der Waals surface area contributed by atoms with E-state index in [4.69, 9.17) is 0 Å².